The van der Waals surface area contributed by atoms with Gasteiger partial charge in [0.1, 0.15) is 6.54 Å². The first-order valence-electron chi connectivity index (χ1n) is 9.36. The molecule has 1 aromatic heterocycles. The maximum Gasteiger partial charge on any atom is 0.418 e. The lowest BCUT2D eigenvalue weighted by molar-refractivity contribution is -0.917. The highest BCUT2D eigenvalue weighted by Crippen LogP contribution is 2.34. The van der Waals surface area contributed by atoms with Crippen LogP contribution in [0.15, 0.2) is 30.5 Å². The number of anilines is 1. The second kappa shape index (κ2) is 8.48. The molecule has 0 saturated carbocycles. The van der Waals surface area contributed by atoms with Crippen molar-refractivity contribution in [2.75, 3.05) is 31.5 Å². The Labute approximate surface area is 168 Å². The molecule has 152 valence electrons. The van der Waals surface area contributed by atoms with Crippen molar-refractivity contribution < 1.29 is 18.1 Å². The summed E-state index contributed by atoms with van der Waals surface area (Å²) in [5.41, 5.74) is 1.73. The van der Waals surface area contributed by atoms with Gasteiger partial charge in [-0.2, -0.15) is 18.3 Å². The molecular formula is C19H25F3N5S+. The number of nitrogens with one attached hydrogen (secondary N) is 2. The van der Waals surface area contributed by atoms with E-state index in [0.29, 0.717) is 18.2 Å². The number of aromatic nitrogens is 2. The molecule has 3 rings (SSSR count). The fraction of sp³-hybridized carbons (Fsp3) is 0.474. The van der Waals surface area contributed by atoms with Gasteiger partial charge in [0, 0.05) is 17.8 Å². The van der Waals surface area contributed by atoms with E-state index in [0.717, 1.165) is 32.2 Å². The topological polar surface area (TPSA) is 37.5 Å². The third kappa shape index (κ3) is 4.64. The van der Waals surface area contributed by atoms with E-state index in [1.165, 1.54) is 28.3 Å². The minimum atomic E-state index is -4.41. The number of rotatable bonds is 4. The molecule has 9 heteroatoms. The standard InChI is InChI=1S/C19H24F3N5S/c1-3-27-14(2)15(12-23-27)13-25-8-10-26(11-9-25)18(28)24-17-7-5-4-6-16(17)19(20,21)22/h4-7,12H,3,8-11,13H2,1-2H3,(H,24,28)/p+1. The summed E-state index contributed by atoms with van der Waals surface area (Å²) in [5.74, 6) is 0. The van der Waals surface area contributed by atoms with Gasteiger partial charge >= 0.3 is 6.18 Å². The lowest BCUT2D eigenvalue weighted by atomic mass is 10.1. The van der Waals surface area contributed by atoms with Crippen molar-refractivity contribution in [1.29, 1.82) is 0 Å². The van der Waals surface area contributed by atoms with Crippen LogP contribution in [0, 0.1) is 6.92 Å². The summed E-state index contributed by atoms with van der Waals surface area (Å²) in [5, 5.41) is 7.51. The number of halogens is 3. The second-order valence-electron chi connectivity index (χ2n) is 6.96. The van der Waals surface area contributed by atoms with Gasteiger partial charge in [-0.05, 0) is 38.2 Å². The molecule has 2 aromatic rings. The van der Waals surface area contributed by atoms with Crippen LogP contribution >= 0.6 is 12.2 Å². The quantitative estimate of drug-likeness (QED) is 0.756. The summed E-state index contributed by atoms with van der Waals surface area (Å²) in [6.45, 7) is 9.07. The Kier molecular flexibility index (Phi) is 6.24. The van der Waals surface area contributed by atoms with Crippen LogP contribution in [0.5, 0.6) is 0 Å². The first kappa shape index (κ1) is 20.6. The lowest BCUT2D eigenvalue weighted by Gasteiger charge is -2.34. The number of para-hydroxylation sites is 1. The van der Waals surface area contributed by atoms with Crippen LogP contribution in [-0.4, -0.2) is 46.0 Å². The molecule has 5 nitrogen and oxygen atoms in total. The Balaban J connectivity index is 1.56. The number of thiocarbonyl (C=S) groups is 1. The zero-order valence-corrected chi connectivity index (χ0v) is 16.8. The Hall–Kier alpha value is -2.13. The maximum atomic E-state index is 13.2. The zero-order valence-electron chi connectivity index (χ0n) is 16.0. The van der Waals surface area contributed by atoms with Crippen LogP contribution in [0.4, 0.5) is 18.9 Å². The SMILES string of the molecule is CCn1ncc(C[NH+]2CCN(C(=S)Nc3ccccc3C(F)(F)F)CC2)c1C. The van der Waals surface area contributed by atoms with Gasteiger partial charge in [0.15, 0.2) is 5.11 Å². The highest BCUT2D eigenvalue weighted by atomic mass is 32.1. The maximum absolute atomic E-state index is 13.2. The number of alkyl halides is 3. The molecule has 1 saturated heterocycles. The molecule has 0 atom stereocenters. The van der Waals surface area contributed by atoms with Gasteiger partial charge in [-0.1, -0.05) is 12.1 Å². The molecule has 0 amide bonds. The van der Waals surface area contributed by atoms with Crippen LogP contribution in [-0.2, 0) is 19.3 Å². The first-order chi connectivity index (χ1) is 13.3. The number of aryl methyl sites for hydroxylation is 1. The van der Waals surface area contributed by atoms with E-state index >= 15 is 0 Å². The molecule has 0 spiro atoms. The summed E-state index contributed by atoms with van der Waals surface area (Å²) >= 11 is 5.37. The van der Waals surface area contributed by atoms with E-state index in [9.17, 15) is 13.2 Å². The minimum absolute atomic E-state index is 0.00242. The molecule has 1 aromatic carbocycles. The van der Waals surface area contributed by atoms with E-state index in [-0.39, 0.29) is 5.69 Å². The Morgan fingerprint density at radius 3 is 2.54 bits per heavy atom. The summed E-state index contributed by atoms with van der Waals surface area (Å²) in [6.07, 6.45) is -2.48. The summed E-state index contributed by atoms with van der Waals surface area (Å²) in [6, 6.07) is 5.42. The van der Waals surface area contributed by atoms with Crippen molar-refractivity contribution in [3.63, 3.8) is 0 Å². The summed E-state index contributed by atoms with van der Waals surface area (Å²) < 4.78 is 41.4. The van der Waals surface area contributed by atoms with E-state index in [1.54, 1.807) is 6.07 Å². The molecule has 2 N–H and O–H groups in total. The molecule has 0 aliphatic carbocycles. The summed E-state index contributed by atoms with van der Waals surface area (Å²) in [7, 11) is 0. The predicted molar refractivity (Wildman–Crippen MR) is 106 cm³/mol. The van der Waals surface area contributed by atoms with Crippen molar-refractivity contribution >= 4 is 23.0 Å². The van der Waals surface area contributed by atoms with Crippen LogP contribution in [0.2, 0.25) is 0 Å². The van der Waals surface area contributed by atoms with Crippen LogP contribution in [0.25, 0.3) is 0 Å². The van der Waals surface area contributed by atoms with Crippen molar-refractivity contribution in [1.82, 2.24) is 14.7 Å². The largest absolute Gasteiger partial charge is 0.418 e. The van der Waals surface area contributed by atoms with Gasteiger partial charge < -0.3 is 15.1 Å². The Morgan fingerprint density at radius 2 is 1.93 bits per heavy atom. The fourth-order valence-electron chi connectivity index (χ4n) is 3.48. The first-order valence-corrected chi connectivity index (χ1v) is 9.77. The van der Waals surface area contributed by atoms with Gasteiger partial charge in [0.25, 0.3) is 0 Å². The van der Waals surface area contributed by atoms with Gasteiger partial charge in [-0.3, -0.25) is 4.68 Å². The third-order valence-electron chi connectivity index (χ3n) is 5.18. The van der Waals surface area contributed by atoms with Crippen molar-refractivity contribution in [3.05, 3.63) is 47.3 Å². The van der Waals surface area contributed by atoms with E-state index in [4.69, 9.17) is 12.2 Å². The Bertz CT molecular complexity index is 825. The number of piperazine rings is 1. The van der Waals surface area contributed by atoms with E-state index < -0.39 is 11.7 Å². The lowest BCUT2D eigenvalue weighted by Crippen LogP contribution is -3.13. The molecular weight excluding hydrogens is 387 g/mol. The molecule has 2 heterocycles. The van der Waals surface area contributed by atoms with Crippen LogP contribution < -0.4 is 10.2 Å². The van der Waals surface area contributed by atoms with Gasteiger partial charge in [-0.15, -0.1) is 0 Å². The van der Waals surface area contributed by atoms with E-state index in [2.05, 4.69) is 24.3 Å². The van der Waals surface area contributed by atoms with Crippen LogP contribution in [0.3, 0.4) is 0 Å². The monoisotopic (exact) mass is 412 g/mol. The van der Waals surface area contributed by atoms with Crippen LogP contribution in [0.1, 0.15) is 23.7 Å². The van der Waals surface area contributed by atoms with Crippen molar-refractivity contribution in [2.45, 2.75) is 33.1 Å². The molecule has 0 unspecified atom stereocenters. The number of hydrogen-bond donors (Lipinski definition) is 2. The smallest absolute Gasteiger partial charge is 0.338 e. The minimum Gasteiger partial charge on any atom is -0.338 e. The van der Waals surface area contributed by atoms with Gasteiger partial charge in [0.05, 0.1) is 43.6 Å². The predicted octanol–water partition coefficient (Wildman–Crippen LogP) is 2.33. The number of benzene rings is 1. The number of hydrogen-bond acceptors (Lipinski definition) is 2. The average molecular weight is 413 g/mol. The zero-order chi connectivity index (χ0) is 20.3. The third-order valence-corrected chi connectivity index (χ3v) is 5.54. The van der Waals surface area contributed by atoms with Gasteiger partial charge in [-0.25, -0.2) is 0 Å². The summed E-state index contributed by atoms with van der Waals surface area (Å²) in [4.78, 5) is 3.36. The molecule has 0 bridgehead atoms. The normalized spacial score (nSPS) is 15.7. The molecule has 1 aliphatic rings. The molecule has 1 aliphatic heterocycles. The fourth-order valence-corrected chi connectivity index (χ4v) is 3.78. The highest BCUT2D eigenvalue weighted by Gasteiger charge is 2.33. The molecule has 0 radical (unpaired) electrons. The van der Waals surface area contributed by atoms with Crippen molar-refractivity contribution in [2.24, 2.45) is 0 Å². The highest BCUT2D eigenvalue weighted by molar-refractivity contribution is 7.80. The number of nitrogens with zero attached hydrogens (tertiary/aromatic N) is 3. The Morgan fingerprint density at radius 1 is 1.25 bits per heavy atom. The second-order valence-corrected chi connectivity index (χ2v) is 7.34. The van der Waals surface area contributed by atoms with Gasteiger partial charge in [0.2, 0.25) is 0 Å². The van der Waals surface area contributed by atoms with E-state index in [1.807, 2.05) is 15.8 Å². The van der Waals surface area contributed by atoms with Crippen molar-refractivity contribution in [3.8, 4) is 0 Å². The molecule has 1 fully saturated rings. The number of quaternary nitrogens is 1. The molecule has 28 heavy (non-hydrogen) atoms. The average Bonchev–Trinajstić information content (AvgIpc) is 3.01.